The Morgan fingerprint density at radius 1 is 1.16 bits per heavy atom. The van der Waals surface area contributed by atoms with Crippen LogP contribution in [0.1, 0.15) is 30.8 Å². The highest BCUT2D eigenvalue weighted by molar-refractivity contribution is 5.62. The van der Waals surface area contributed by atoms with Crippen LogP contribution in [-0.2, 0) is 24.2 Å². The largest absolute Gasteiger partial charge is 0.381 e. The van der Waals surface area contributed by atoms with Crippen LogP contribution >= 0.6 is 0 Å². The van der Waals surface area contributed by atoms with Crippen LogP contribution in [-0.4, -0.2) is 37.5 Å². The molecule has 0 spiro atoms. The third-order valence-corrected chi connectivity index (χ3v) is 4.85. The standard InChI is InChI=1S/C19H23N5O/c1-2-23-14-21-22-17(23)8-10-24-13-20-18(15-6-4-3-5-7-15)19(24)16-9-11-25-12-16/h3-7,13-14,16H,2,8-12H2,1H3/t16-/m1/s1. The second-order valence-corrected chi connectivity index (χ2v) is 6.38. The van der Waals surface area contributed by atoms with Crippen LogP contribution in [0.15, 0.2) is 43.0 Å². The molecule has 1 fully saturated rings. The Bertz CT molecular complexity index is 817. The van der Waals surface area contributed by atoms with Gasteiger partial charge in [0.1, 0.15) is 12.2 Å². The van der Waals surface area contributed by atoms with Crippen molar-refractivity contribution < 1.29 is 4.74 Å². The zero-order chi connectivity index (χ0) is 17.1. The number of aryl methyl sites for hydroxylation is 3. The number of imidazole rings is 1. The maximum absolute atomic E-state index is 5.65. The zero-order valence-corrected chi connectivity index (χ0v) is 14.5. The number of benzene rings is 1. The molecule has 2 aromatic heterocycles. The minimum Gasteiger partial charge on any atom is -0.381 e. The summed E-state index contributed by atoms with van der Waals surface area (Å²) in [5.74, 6) is 1.42. The minimum atomic E-state index is 0.404. The molecule has 6 nitrogen and oxygen atoms in total. The molecule has 25 heavy (non-hydrogen) atoms. The van der Waals surface area contributed by atoms with Gasteiger partial charge in [0.05, 0.1) is 24.3 Å². The number of hydrogen-bond acceptors (Lipinski definition) is 4. The van der Waals surface area contributed by atoms with E-state index < -0.39 is 0 Å². The first-order valence-corrected chi connectivity index (χ1v) is 8.91. The van der Waals surface area contributed by atoms with Gasteiger partial charge >= 0.3 is 0 Å². The number of nitrogens with zero attached hydrogens (tertiary/aromatic N) is 5. The van der Waals surface area contributed by atoms with Gasteiger partial charge in [-0.1, -0.05) is 30.3 Å². The SMILES string of the molecule is CCn1cnnc1CCn1cnc(-c2ccccc2)c1[C@@H]1CCOC1. The average molecular weight is 337 g/mol. The maximum atomic E-state index is 5.65. The van der Waals surface area contributed by atoms with Crippen LogP contribution in [0.25, 0.3) is 11.3 Å². The molecule has 6 heteroatoms. The molecule has 1 aromatic carbocycles. The highest BCUT2D eigenvalue weighted by Crippen LogP contribution is 2.33. The van der Waals surface area contributed by atoms with Gasteiger partial charge in [-0.3, -0.25) is 0 Å². The van der Waals surface area contributed by atoms with E-state index in [2.05, 4.69) is 50.5 Å². The zero-order valence-electron chi connectivity index (χ0n) is 14.5. The van der Waals surface area contributed by atoms with Crippen molar-refractivity contribution in [2.45, 2.75) is 38.8 Å². The fourth-order valence-corrected chi connectivity index (χ4v) is 3.52. The molecular weight excluding hydrogens is 314 g/mol. The predicted octanol–water partition coefficient (Wildman–Crippen LogP) is 2.91. The van der Waals surface area contributed by atoms with E-state index in [1.165, 1.54) is 11.3 Å². The molecule has 3 aromatic rings. The van der Waals surface area contributed by atoms with E-state index in [-0.39, 0.29) is 0 Å². The van der Waals surface area contributed by atoms with Gasteiger partial charge < -0.3 is 13.9 Å². The van der Waals surface area contributed by atoms with Crippen LogP contribution in [0.2, 0.25) is 0 Å². The Balaban J connectivity index is 1.64. The lowest BCUT2D eigenvalue weighted by Gasteiger charge is -2.15. The average Bonchev–Trinajstić information content (AvgIpc) is 3.39. The summed E-state index contributed by atoms with van der Waals surface area (Å²) in [6, 6.07) is 10.4. The molecule has 0 amide bonds. The molecule has 1 aliphatic rings. The van der Waals surface area contributed by atoms with Crippen LogP contribution in [0, 0.1) is 0 Å². The van der Waals surface area contributed by atoms with Crippen molar-refractivity contribution in [3.63, 3.8) is 0 Å². The van der Waals surface area contributed by atoms with Crippen LogP contribution < -0.4 is 0 Å². The maximum Gasteiger partial charge on any atom is 0.134 e. The van der Waals surface area contributed by atoms with Crippen LogP contribution in [0.5, 0.6) is 0 Å². The summed E-state index contributed by atoms with van der Waals surface area (Å²) in [6.07, 6.45) is 5.66. The van der Waals surface area contributed by atoms with Gasteiger partial charge in [0.25, 0.3) is 0 Å². The third kappa shape index (κ3) is 3.22. The third-order valence-electron chi connectivity index (χ3n) is 4.85. The van der Waals surface area contributed by atoms with E-state index in [1.807, 2.05) is 12.4 Å². The minimum absolute atomic E-state index is 0.404. The summed E-state index contributed by atoms with van der Waals surface area (Å²) in [7, 11) is 0. The molecule has 0 aliphatic carbocycles. The first-order valence-electron chi connectivity index (χ1n) is 8.91. The van der Waals surface area contributed by atoms with Crippen molar-refractivity contribution in [2.24, 2.45) is 0 Å². The fourth-order valence-electron chi connectivity index (χ4n) is 3.52. The summed E-state index contributed by atoms with van der Waals surface area (Å²) in [4.78, 5) is 4.74. The first kappa shape index (κ1) is 16.0. The molecule has 0 N–H and O–H groups in total. The lowest BCUT2D eigenvalue weighted by atomic mass is 9.99. The molecule has 0 bridgehead atoms. The summed E-state index contributed by atoms with van der Waals surface area (Å²) < 4.78 is 10.0. The van der Waals surface area contributed by atoms with Crippen molar-refractivity contribution in [3.8, 4) is 11.3 Å². The Morgan fingerprint density at radius 2 is 2.04 bits per heavy atom. The summed E-state index contributed by atoms with van der Waals surface area (Å²) in [6.45, 7) is 5.46. The van der Waals surface area contributed by atoms with Crippen molar-refractivity contribution in [1.82, 2.24) is 24.3 Å². The van der Waals surface area contributed by atoms with Crippen molar-refractivity contribution in [3.05, 3.63) is 54.5 Å². The molecule has 0 radical (unpaired) electrons. The lowest BCUT2D eigenvalue weighted by molar-refractivity contribution is 0.193. The van der Waals surface area contributed by atoms with Gasteiger partial charge in [0, 0.05) is 37.6 Å². The molecule has 0 saturated carbocycles. The Hall–Kier alpha value is -2.47. The van der Waals surface area contributed by atoms with Crippen molar-refractivity contribution in [2.75, 3.05) is 13.2 Å². The number of ether oxygens (including phenoxy) is 1. The summed E-state index contributed by atoms with van der Waals surface area (Å²) in [5, 5.41) is 8.27. The monoisotopic (exact) mass is 337 g/mol. The summed E-state index contributed by atoms with van der Waals surface area (Å²) >= 11 is 0. The van der Waals surface area contributed by atoms with E-state index in [9.17, 15) is 0 Å². The van der Waals surface area contributed by atoms with Crippen LogP contribution in [0.4, 0.5) is 0 Å². The van der Waals surface area contributed by atoms with Gasteiger partial charge in [0.2, 0.25) is 0 Å². The lowest BCUT2D eigenvalue weighted by Crippen LogP contribution is -2.12. The first-order chi connectivity index (χ1) is 12.4. The van der Waals surface area contributed by atoms with Crippen molar-refractivity contribution >= 4 is 0 Å². The van der Waals surface area contributed by atoms with Gasteiger partial charge in [-0.2, -0.15) is 0 Å². The Kier molecular flexibility index (Phi) is 4.61. The highest BCUT2D eigenvalue weighted by atomic mass is 16.5. The van der Waals surface area contributed by atoms with E-state index in [0.29, 0.717) is 5.92 Å². The smallest absolute Gasteiger partial charge is 0.134 e. The second-order valence-electron chi connectivity index (χ2n) is 6.38. The molecule has 4 rings (SSSR count). The quantitative estimate of drug-likeness (QED) is 0.694. The topological polar surface area (TPSA) is 57.8 Å². The number of hydrogen-bond donors (Lipinski definition) is 0. The van der Waals surface area contributed by atoms with Gasteiger partial charge in [-0.25, -0.2) is 4.98 Å². The van der Waals surface area contributed by atoms with Gasteiger partial charge in [-0.05, 0) is 13.3 Å². The van der Waals surface area contributed by atoms with E-state index in [4.69, 9.17) is 9.72 Å². The van der Waals surface area contributed by atoms with E-state index in [0.717, 1.165) is 50.7 Å². The molecule has 3 heterocycles. The van der Waals surface area contributed by atoms with Crippen LogP contribution in [0.3, 0.4) is 0 Å². The number of aromatic nitrogens is 5. The molecule has 1 aliphatic heterocycles. The molecular formula is C19H23N5O. The van der Waals surface area contributed by atoms with Gasteiger partial charge in [-0.15, -0.1) is 10.2 Å². The predicted molar refractivity (Wildman–Crippen MR) is 95.2 cm³/mol. The molecule has 0 unspecified atom stereocenters. The molecule has 1 atom stereocenters. The Labute approximate surface area is 147 Å². The molecule has 1 saturated heterocycles. The van der Waals surface area contributed by atoms with E-state index in [1.54, 1.807) is 6.33 Å². The van der Waals surface area contributed by atoms with E-state index >= 15 is 0 Å². The molecule has 130 valence electrons. The fraction of sp³-hybridized carbons (Fsp3) is 0.421. The summed E-state index contributed by atoms with van der Waals surface area (Å²) in [5.41, 5.74) is 3.53. The normalized spacial score (nSPS) is 17.2. The second kappa shape index (κ2) is 7.19. The van der Waals surface area contributed by atoms with Gasteiger partial charge in [0.15, 0.2) is 0 Å². The highest BCUT2D eigenvalue weighted by Gasteiger charge is 2.26. The van der Waals surface area contributed by atoms with Crippen molar-refractivity contribution in [1.29, 1.82) is 0 Å². The Morgan fingerprint density at radius 3 is 2.80 bits per heavy atom. The number of rotatable bonds is 6.